The van der Waals surface area contributed by atoms with Crippen molar-refractivity contribution in [2.24, 2.45) is 5.92 Å². The van der Waals surface area contributed by atoms with Gasteiger partial charge in [-0.2, -0.15) is 0 Å². The number of alkyl halides is 2. The van der Waals surface area contributed by atoms with Crippen LogP contribution in [0.4, 0.5) is 11.4 Å². The first-order valence-corrected chi connectivity index (χ1v) is 13.0. The van der Waals surface area contributed by atoms with Crippen LogP contribution in [0.5, 0.6) is 0 Å². The number of thiazole rings is 1. The zero-order chi connectivity index (χ0) is 24.9. The lowest BCUT2D eigenvalue weighted by Crippen LogP contribution is -2.18. The van der Waals surface area contributed by atoms with Crippen molar-refractivity contribution in [1.29, 1.82) is 0 Å². The fourth-order valence-corrected chi connectivity index (χ4v) is 6.19. The van der Waals surface area contributed by atoms with E-state index in [1.807, 2.05) is 6.07 Å². The van der Waals surface area contributed by atoms with Crippen LogP contribution in [0.1, 0.15) is 21.8 Å². The standard InChI is InChI=1S/C24H14Cl5N3O2S/c25-12-5-11(6-13(26)7-12)20-21(24(20,28)29)23(34)32-14-1-3-17(27)16(8-14)22(33)31-15-2-4-19-18(9-15)30-10-35-19/h1-10,20-21H,(H,31,33)(H,32,34)/t20-,21+/m0/s1. The lowest BCUT2D eigenvalue weighted by Gasteiger charge is -2.10. The molecular formula is C24H14Cl5N3O2S. The number of halogens is 5. The van der Waals surface area contributed by atoms with Gasteiger partial charge in [0, 0.05) is 27.3 Å². The number of benzene rings is 3. The smallest absolute Gasteiger partial charge is 0.257 e. The van der Waals surface area contributed by atoms with Crippen molar-refractivity contribution >= 4 is 103 Å². The largest absolute Gasteiger partial charge is 0.326 e. The summed E-state index contributed by atoms with van der Waals surface area (Å²) in [4.78, 5) is 30.2. The highest BCUT2D eigenvalue weighted by atomic mass is 35.5. The van der Waals surface area contributed by atoms with Crippen molar-refractivity contribution in [3.8, 4) is 0 Å². The van der Waals surface area contributed by atoms with Crippen LogP contribution in [0.15, 0.2) is 60.1 Å². The number of carbonyl (C=O) groups excluding carboxylic acids is 2. The molecule has 1 heterocycles. The molecule has 0 saturated heterocycles. The van der Waals surface area contributed by atoms with Crippen LogP contribution in [0, 0.1) is 5.92 Å². The third kappa shape index (κ3) is 4.96. The first kappa shape index (κ1) is 24.6. The first-order valence-electron chi connectivity index (χ1n) is 10.2. The lowest BCUT2D eigenvalue weighted by molar-refractivity contribution is -0.117. The Morgan fingerprint density at radius 2 is 1.57 bits per heavy atom. The zero-order valence-corrected chi connectivity index (χ0v) is 22.1. The zero-order valence-electron chi connectivity index (χ0n) is 17.5. The van der Waals surface area contributed by atoms with Gasteiger partial charge in [0.05, 0.1) is 32.2 Å². The van der Waals surface area contributed by atoms with Gasteiger partial charge in [-0.15, -0.1) is 34.5 Å². The van der Waals surface area contributed by atoms with Crippen molar-refractivity contribution in [3.63, 3.8) is 0 Å². The molecular weight excluding hydrogens is 572 g/mol. The van der Waals surface area contributed by atoms with Crippen molar-refractivity contribution < 1.29 is 9.59 Å². The number of anilines is 2. The Hall–Kier alpha value is -2.06. The summed E-state index contributed by atoms with van der Waals surface area (Å²) in [5.41, 5.74) is 4.33. The highest BCUT2D eigenvalue weighted by molar-refractivity contribution is 7.16. The third-order valence-electron chi connectivity index (χ3n) is 5.65. The van der Waals surface area contributed by atoms with Gasteiger partial charge in [0.25, 0.3) is 5.91 Å². The molecule has 2 atom stereocenters. The van der Waals surface area contributed by atoms with E-state index >= 15 is 0 Å². The van der Waals surface area contributed by atoms with Crippen LogP contribution in [0.2, 0.25) is 15.1 Å². The van der Waals surface area contributed by atoms with Gasteiger partial charge in [-0.1, -0.05) is 34.8 Å². The number of hydrogen-bond donors (Lipinski definition) is 2. The maximum absolute atomic E-state index is 13.0. The van der Waals surface area contributed by atoms with Crippen LogP contribution >= 0.6 is 69.3 Å². The minimum absolute atomic E-state index is 0.194. The van der Waals surface area contributed by atoms with E-state index in [0.29, 0.717) is 27.0 Å². The lowest BCUT2D eigenvalue weighted by atomic mass is 10.1. The van der Waals surface area contributed by atoms with Gasteiger partial charge in [0.1, 0.15) is 4.33 Å². The topological polar surface area (TPSA) is 71.1 Å². The normalized spacial score (nSPS) is 18.3. The van der Waals surface area contributed by atoms with Crippen molar-refractivity contribution in [1.82, 2.24) is 4.98 Å². The molecule has 5 rings (SSSR count). The molecule has 0 bridgehead atoms. The molecule has 1 aromatic heterocycles. The van der Waals surface area contributed by atoms with Gasteiger partial charge in [0.2, 0.25) is 5.91 Å². The molecule has 3 aromatic carbocycles. The van der Waals surface area contributed by atoms with E-state index in [9.17, 15) is 9.59 Å². The maximum atomic E-state index is 13.0. The minimum atomic E-state index is -1.32. The monoisotopic (exact) mass is 583 g/mol. The second-order valence-corrected chi connectivity index (χ2v) is 11.6. The number of carbonyl (C=O) groups is 2. The Labute approximate surface area is 229 Å². The van der Waals surface area contributed by atoms with Gasteiger partial charge in [-0.05, 0) is 60.2 Å². The highest BCUT2D eigenvalue weighted by Gasteiger charge is 2.67. The molecule has 11 heteroatoms. The van der Waals surface area contributed by atoms with Crippen molar-refractivity contribution in [2.75, 3.05) is 10.6 Å². The van der Waals surface area contributed by atoms with Crippen molar-refractivity contribution in [2.45, 2.75) is 10.3 Å². The van der Waals surface area contributed by atoms with Crippen LogP contribution in [-0.4, -0.2) is 21.1 Å². The summed E-state index contributed by atoms with van der Waals surface area (Å²) in [7, 11) is 0. The van der Waals surface area contributed by atoms with Crippen molar-refractivity contribution in [3.05, 3.63) is 86.3 Å². The van der Waals surface area contributed by atoms with E-state index in [2.05, 4.69) is 15.6 Å². The average molecular weight is 586 g/mol. The predicted molar refractivity (Wildman–Crippen MR) is 145 cm³/mol. The molecule has 0 aliphatic heterocycles. The van der Waals surface area contributed by atoms with Gasteiger partial charge in [-0.3, -0.25) is 9.59 Å². The molecule has 5 nitrogen and oxygen atoms in total. The number of amides is 2. The number of nitrogens with one attached hydrogen (secondary N) is 2. The predicted octanol–water partition coefficient (Wildman–Crippen LogP) is 8.03. The Morgan fingerprint density at radius 3 is 2.31 bits per heavy atom. The Balaban J connectivity index is 1.33. The minimum Gasteiger partial charge on any atom is -0.326 e. The summed E-state index contributed by atoms with van der Waals surface area (Å²) in [5, 5.41) is 6.66. The van der Waals surface area contributed by atoms with Gasteiger partial charge in [-0.25, -0.2) is 4.98 Å². The molecule has 2 N–H and O–H groups in total. The molecule has 0 unspecified atom stereocenters. The molecule has 0 radical (unpaired) electrons. The Bertz CT molecular complexity index is 1470. The fraction of sp³-hybridized carbons (Fsp3) is 0.125. The molecule has 4 aromatic rings. The van der Waals surface area contributed by atoms with Crippen LogP contribution in [-0.2, 0) is 4.79 Å². The second-order valence-electron chi connectivity index (χ2n) is 8.01. The van der Waals surface area contributed by atoms with Crippen LogP contribution in [0.3, 0.4) is 0 Å². The summed E-state index contributed by atoms with van der Waals surface area (Å²) >= 11 is 32.8. The molecule has 1 saturated carbocycles. The third-order valence-corrected chi connectivity index (χ3v) is 8.16. The number of nitrogens with zero attached hydrogens (tertiary/aromatic N) is 1. The SMILES string of the molecule is O=C(Nc1ccc2scnc2c1)c1cc(NC(=O)[C@H]2[C@H](c3cc(Cl)cc(Cl)c3)C2(Cl)Cl)ccc1Cl. The fourth-order valence-electron chi connectivity index (χ4n) is 3.95. The number of fused-ring (bicyclic) bond motifs is 1. The molecule has 178 valence electrons. The Morgan fingerprint density at radius 1 is 0.886 bits per heavy atom. The van der Waals surface area contributed by atoms with Crippen LogP contribution < -0.4 is 10.6 Å². The molecule has 1 aliphatic rings. The number of aromatic nitrogens is 1. The molecule has 1 aliphatic carbocycles. The molecule has 0 spiro atoms. The molecule has 2 amide bonds. The molecule has 1 fully saturated rings. The highest BCUT2D eigenvalue weighted by Crippen LogP contribution is 2.65. The van der Waals surface area contributed by atoms with E-state index in [1.165, 1.54) is 23.5 Å². The summed E-state index contributed by atoms with van der Waals surface area (Å²) in [6.07, 6.45) is 0. The summed E-state index contributed by atoms with van der Waals surface area (Å²) in [6, 6.07) is 15.0. The van der Waals surface area contributed by atoms with E-state index in [0.717, 1.165) is 10.2 Å². The van der Waals surface area contributed by atoms with E-state index in [1.54, 1.807) is 41.9 Å². The summed E-state index contributed by atoms with van der Waals surface area (Å²) in [6.45, 7) is 0. The second kappa shape index (κ2) is 9.43. The van der Waals surface area contributed by atoms with Gasteiger partial charge >= 0.3 is 0 Å². The average Bonchev–Trinajstić information content (AvgIpc) is 3.11. The van der Waals surface area contributed by atoms with E-state index in [4.69, 9.17) is 58.0 Å². The quantitative estimate of drug-likeness (QED) is 0.233. The number of rotatable bonds is 5. The van der Waals surface area contributed by atoms with Gasteiger partial charge in [0.15, 0.2) is 0 Å². The van der Waals surface area contributed by atoms with E-state index < -0.39 is 28.0 Å². The number of hydrogen-bond acceptors (Lipinski definition) is 4. The Kier molecular flexibility index (Phi) is 6.64. The summed E-state index contributed by atoms with van der Waals surface area (Å²) < 4.78 is -0.308. The first-order chi connectivity index (χ1) is 16.6. The maximum Gasteiger partial charge on any atom is 0.257 e. The van der Waals surface area contributed by atoms with Gasteiger partial charge < -0.3 is 10.6 Å². The summed E-state index contributed by atoms with van der Waals surface area (Å²) in [5.74, 6) is -2.06. The van der Waals surface area contributed by atoms with E-state index in [-0.39, 0.29) is 10.6 Å². The molecule has 35 heavy (non-hydrogen) atoms. The van der Waals surface area contributed by atoms with Crippen LogP contribution in [0.25, 0.3) is 10.2 Å².